The summed E-state index contributed by atoms with van der Waals surface area (Å²) < 4.78 is 5.23. The number of amides is 3. The Morgan fingerprint density at radius 3 is 2.50 bits per heavy atom. The van der Waals surface area contributed by atoms with Gasteiger partial charge in [-0.3, -0.25) is 25.2 Å². The van der Waals surface area contributed by atoms with Crippen LogP contribution in [0.2, 0.25) is 0 Å². The second-order valence-electron chi connectivity index (χ2n) is 7.76. The summed E-state index contributed by atoms with van der Waals surface area (Å²) >= 11 is 0. The predicted molar refractivity (Wildman–Crippen MR) is 119 cm³/mol. The lowest BCUT2D eigenvalue weighted by Gasteiger charge is -2.41. The molecule has 0 saturated carbocycles. The molecule has 0 radical (unpaired) electrons. The number of piperidine rings is 1. The molecule has 3 rings (SSSR count). The van der Waals surface area contributed by atoms with Crippen LogP contribution in [0.5, 0.6) is 11.5 Å². The van der Waals surface area contributed by atoms with Gasteiger partial charge in [-0.05, 0) is 42.7 Å². The molecule has 0 aromatic heterocycles. The molecule has 0 aliphatic carbocycles. The van der Waals surface area contributed by atoms with E-state index in [9.17, 15) is 19.5 Å². The van der Waals surface area contributed by atoms with Crippen molar-refractivity contribution in [2.45, 2.75) is 38.6 Å². The van der Waals surface area contributed by atoms with Gasteiger partial charge in [0.25, 0.3) is 5.91 Å². The first-order valence-corrected chi connectivity index (χ1v) is 10.8. The number of carbonyl (C=O) groups is 3. The lowest BCUT2D eigenvalue weighted by atomic mass is 9.83. The van der Waals surface area contributed by atoms with E-state index in [1.807, 2.05) is 12.1 Å². The Bertz CT molecular complexity index is 960. The third-order valence-corrected chi connectivity index (χ3v) is 5.70. The summed E-state index contributed by atoms with van der Waals surface area (Å²) in [4.78, 5) is 40.0. The third-order valence-electron chi connectivity index (χ3n) is 5.70. The molecule has 3 amide bonds. The Balaban J connectivity index is 1.80. The van der Waals surface area contributed by atoms with Crippen LogP contribution in [0.3, 0.4) is 0 Å². The number of carbonyl (C=O) groups excluding carboxylic acids is 3. The minimum Gasteiger partial charge on any atom is -0.507 e. The smallest absolute Gasteiger partial charge is 0.273 e. The predicted octanol–water partition coefficient (Wildman–Crippen LogP) is 2.94. The zero-order chi connectivity index (χ0) is 23.1. The van der Waals surface area contributed by atoms with E-state index in [-0.39, 0.29) is 29.5 Å². The van der Waals surface area contributed by atoms with E-state index in [4.69, 9.17) is 4.74 Å². The first-order chi connectivity index (χ1) is 15.5. The van der Waals surface area contributed by atoms with Gasteiger partial charge in [-0.15, -0.1) is 0 Å². The summed E-state index contributed by atoms with van der Waals surface area (Å²) in [5, 5.41) is 9.85. The van der Waals surface area contributed by atoms with Gasteiger partial charge < -0.3 is 14.7 Å². The molecule has 2 aromatic carbocycles. The average molecular weight is 440 g/mol. The zero-order valence-corrected chi connectivity index (χ0v) is 18.3. The summed E-state index contributed by atoms with van der Waals surface area (Å²) in [5.74, 6) is -1.02. The Labute approximate surface area is 187 Å². The first kappa shape index (κ1) is 23.1. The number of hydrogen-bond donors (Lipinski definition) is 3. The van der Waals surface area contributed by atoms with Crippen molar-refractivity contribution in [2.24, 2.45) is 5.92 Å². The molecule has 2 aromatic rings. The van der Waals surface area contributed by atoms with Crippen LogP contribution in [-0.4, -0.2) is 41.4 Å². The summed E-state index contributed by atoms with van der Waals surface area (Å²) in [6.45, 7) is 2.61. The van der Waals surface area contributed by atoms with Crippen LogP contribution < -0.4 is 15.6 Å². The maximum Gasteiger partial charge on any atom is 0.273 e. The molecule has 0 bridgehead atoms. The molecule has 1 aliphatic rings. The van der Waals surface area contributed by atoms with Gasteiger partial charge in [0, 0.05) is 13.0 Å². The van der Waals surface area contributed by atoms with Crippen molar-refractivity contribution in [1.29, 1.82) is 0 Å². The van der Waals surface area contributed by atoms with E-state index in [0.717, 1.165) is 18.4 Å². The number of methoxy groups -OCH3 is 1. The maximum absolute atomic E-state index is 13.1. The van der Waals surface area contributed by atoms with Crippen molar-refractivity contribution in [3.05, 3.63) is 59.7 Å². The molecule has 0 spiro atoms. The Morgan fingerprint density at radius 1 is 1.12 bits per heavy atom. The van der Waals surface area contributed by atoms with Crippen LogP contribution in [0.1, 0.15) is 54.6 Å². The number of para-hydroxylation sites is 1. The lowest BCUT2D eigenvalue weighted by Crippen LogP contribution is -2.51. The highest BCUT2D eigenvalue weighted by atomic mass is 16.5. The number of aromatic hydroxyl groups is 1. The molecule has 0 unspecified atom stereocenters. The normalized spacial score (nSPS) is 18.2. The van der Waals surface area contributed by atoms with Gasteiger partial charge in [0.2, 0.25) is 11.8 Å². The van der Waals surface area contributed by atoms with Crippen LogP contribution in [0.4, 0.5) is 0 Å². The summed E-state index contributed by atoms with van der Waals surface area (Å²) in [6, 6.07) is 13.0. The van der Waals surface area contributed by atoms with Gasteiger partial charge in [0.05, 0.1) is 24.6 Å². The molecular weight excluding hydrogens is 410 g/mol. The Morgan fingerprint density at radius 2 is 1.84 bits per heavy atom. The number of hydrogen-bond acceptors (Lipinski definition) is 5. The third kappa shape index (κ3) is 5.19. The summed E-state index contributed by atoms with van der Waals surface area (Å²) in [5.41, 5.74) is 5.75. The van der Waals surface area contributed by atoms with Crippen LogP contribution in [0.25, 0.3) is 0 Å². The number of phenols is 1. The van der Waals surface area contributed by atoms with Crippen LogP contribution in [-0.2, 0) is 9.59 Å². The quantitative estimate of drug-likeness (QED) is 0.575. The fourth-order valence-electron chi connectivity index (χ4n) is 3.98. The molecule has 8 heteroatoms. The lowest BCUT2D eigenvalue weighted by molar-refractivity contribution is -0.143. The molecule has 1 aliphatic heterocycles. The Hall–Kier alpha value is -3.55. The number of likely N-dealkylation sites (tertiary alicyclic amines) is 1. The van der Waals surface area contributed by atoms with Crippen molar-refractivity contribution < 1.29 is 24.2 Å². The number of nitrogens with one attached hydrogen (secondary N) is 2. The molecule has 1 saturated heterocycles. The maximum atomic E-state index is 13.1. The van der Waals surface area contributed by atoms with E-state index >= 15 is 0 Å². The number of phenolic OH excluding ortho intramolecular Hbond substituents is 1. The second-order valence-corrected chi connectivity index (χ2v) is 7.76. The number of rotatable bonds is 7. The highest BCUT2D eigenvalue weighted by molar-refractivity contribution is 5.98. The average Bonchev–Trinajstić information content (AvgIpc) is 2.81. The minimum atomic E-state index is -0.618. The largest absolute Gasteiger partial charge is 0.507 e. The van der Waals surface area contributed by atoms with E-state index in [1.165, 1.54) is 12.1 Å². The number of nitrogens with zero attached hydrogens (tertiary/aromatic N) is 1. The number of benzene rings is 2. The van der Waals surface area contributed by atoms with Gasteiger partial charge in [-0.2, -0.15) is 0 Å². The highest BCUT2D eigenvalue weighted by Crippen LogP contribution is 2.37. The fourth-order valence-corrected chi connectivity index (χ4v) is 3.98. The number of ether oxygens (including phenoxy) is 1. The molecular formula is C24H29N3O5. The van der Waals surface area contributed by atoms with Gasteiger partial charge in [0.15, 0.2) is 0 Å². The molecule has 32 heavy (non-hydrogen) atoms. The zero-order valence-electron chi connectivity index (χ0n) is 18.3. The standard InChI is InChI=1S/C24H29N3O5/c1-3-4-15-27-21(29)14-13-19(22(27)16-9-11-17(32-2)12-10-16)24(31)26-25-23(30)18-7-5-6-8-20(18)28/h5-12,19,22,28H,3-4,13-15H2,1-2H3,(H,25,30)(H,26,31)/t19-,22+/m1/s1. The van der Waals surface area contributed by atoms with Crippen molar-refractivity contribution in [1.82, 2.24) is 15.8 Å². The summed E-state index contributed by atoms with van der Waals surface area (Å²) in [6.07, 6.45) is 2.39. The molecule has 3 N–H and O–H groups in total. The molecule has 2 atom stereocenters. The van der Waals surface area contributed by atoms with Crippen molar-refractivity contribution in [3.63, 3.8) is 0 Å². The van der Waals surface area contributed by atoms with Gasteiger partial charge in [-0.1, -0.05) is 37.6 Å². The first-order valence-electron chi connectivity index (χ1n) is 10.8. The molecule has 1 fully saturated rings. The molecule has 8 nitrogen and oxygen atoms in total. The summed E-state index contributed by atoms with van der Waals surface area (Å²) in [7, 11) is 1.58. The van der Waals surface area contributed by atoms with Crippen molar-refractivity contribution >= 4 is 17.7 Å². The number of hydrazine groups is 1. The minimum absolute atomic E-state index is 0.0153. The van der Waals surface area contributed by atoms with Crippen LogP contribution in [0.15, 0.2) is 48.5 Å². The van der Waals surface area contributed by atoms with Crippen LogP contribution >= 0.6 is 0 Å². The second kappa shape index (κ2) is 10.7. The van der Waals surface area contributed by atoms with Crippen LogP contribution in [0, 0.1) is 5.92 Å². The van der Waals surface area contributed by atoms with E-state index in [2.05, 4.69) is 17.8 Å². The van der Waals surface area contributed by atoms with E-state index in [0.29, 0.717) is 18.7 Å². The fraction of sp³-hybridized carbons (Fsp3) is 0.375. The van der Waals surface area contributed by atoms with E-state index in [1.54, 1.807) is 36.3 Å². The SMILES string of the molecule is CCCCN1C(=O)CC[C@@H](C(=O)NNC(=O)c2ccccc2O)[C@@H]1c1ccc(OC)cc1. The molecule has 170 valence electrons. The van der Waals surface area contributed by atoms with Gasteiger partial charge in [0.1, 0.15) is 11.5 Å². The van der Waals surface area contributed by atoms with Crippen molar-refractivity contribution in [3.8, 4) is 11.5 Å². The Kier molecular flexibility index (Phi) is 7.70. The molecule has 1 heterocycles. The van der Waals surface area contributed by atoms with Gasteiger partial charge in [-0.25, -0.2) is 0 Å². The topological polar surface area (TPSA) is 108 Å². The monoisotopic (exact) mass is 439 g/mol. The van der Waals surface area contributed by atoms with Gasteiger partial charge >= 0.3 is 0 Å². The van der Waals surface area contributed by atoms with E-state index < -0.39 is 17.9 Å². The number of unbranched alkanes of at least 4 members (excludes halogenated alkanes) is 1. The highest BCUT2D eigenvalue weighted by Gasteiger charge is 2.40. The van der Waals surface area contributed by atoms with Crippen molar-refractivity contribution in [2.75, 3.05) is 13.7 Å².